The maximum Gasteiger partial charge on any atom is 0.300 e. The van der Waals surface area contributed by atoms with E-state index in [0.29, 0.717) is 23.2 Å². The van der Waals surface area contributed by atoms with Crippen LogP contribution in [0.3, 0.4) is 0 Å². The van der Waals surface area contributed by atoms with E-state index in [1.165, 1.54) is 0 Å². The summed E-state index contributed by atoms with van der Waals surface area (Å²) >= 11 is 0. The topological polar surface area (TPSA) is 110 Å². The fraction of sp³-hybridized carbons (Fsp3) is 0.348. The predicted octanol–water partition coefficient (Wildman–Crippen LogP) is 3.68. The maximum atomic E-state index is 15.1. The van der Waals surface area contributed by atoms with Crippen LogP contribution in [0.15, 0.2) is 35.5 Å². The van der Waals surface area contributed by atoms with Gasteiger partial charge in [0.15, 0.2) is 11.2 Å². The molecule has 1 aliphatic heterocycles. The minimum absolute atomic E-state index is 0.0586. The molecule has 1 aromatic carbocycles. The van der Waals surface area contributed by atoms with E-state index in [1.807, 2.05) is 18.3 Å². The highest BCUT2D eigenvalue weighted by Crippen LogP contribution is 2.39. The molecule has 4 rings (SSSR count). The number of aromatic nitrogens is 2. The van der Waals surface area contributed by atoms with E-state index in [2.05, 4.69) is 21.8 Å². The third kappa shape index (κ3) is 4.52. The largest absolute Gasteiger partial charge is 0.481 e. The van der Waals surface area contributed by atoms with Crippen LogP contribution in [0.4, 0.5) is 15.8 Å². The van der Waals surface area contributed by atoms with Crippen molar-refractivity contribution in [3.05, 3.63) is 63.5 Å². The third-order valence-corrected chi connectivity index (χ3v) is 5.48. The number of benzene rings is 1. The highest BCUT2D eigenvalue weighted by Gasteiger charge is 2.27. The Labute approximate surface area is 179 Å². The van der Waals surface area contributed by atoms with Gasteiger partial charge in [-0.05, 0) is 50.8 Å². The number of hydrogen-bond donors (Lipinski definition) is 3. The number of hydrogen-bond acceptors (Lipinski definition) is 5. The van der Waals surface area contributed by atoms with Crippen molar-refractivity contribution in [2.45, 2.75) is 46.1 Å². The Morgan fingerprint density at radius 3 is 2.68 bits per heavy atom. The van der Waals surface area contributed by atoms with Crippen molar-refractivity contribution >= 4 is 28.2 Å². The summed E-state index contributed by atoms with van der Waals surface area (Å²) in [6.07, 6.45) is 7.72. The van der Waals surface area contributed by atoms with Crippen molar-refractivity contribution < 1.29 is 14.3 Å². The molecule has 4 N–H and O–H groups in total. The van der Waals surface area contributed by atoms with Crippen molar-refractivity contribution in [3.63, 3.8) is 0 Å². The van der Waals surface area contributed by atoms with Gasteiger partial charge in [0.1, 0.15) is 0 Å². The number of carboxylic acid groups (broad SMARTS) is 1. The van der Waals surface area contributed by atoms with Gasteiger partial charge in [0.2, 0.25) is 0 Å². The van der Waals surface area contributed by atoms with E-state index in [0.717, 1.165) is 42.8 Å². The molecule has 7 nitrogen and oxygen atoms in total. The number of carbonyl (C=O) groups is 1. The second kappa shape index (κ2) is 9.16. The molecule has 3 heterocycles. The average Bonchev–Trinajstić information content (AvgIpc) is 2.72. The monoisotopic (exact) mass is 426 g/mol. The molecule has 8 heteroatoms. The van der Waals surface area contributed by atoms with Crippen LogP contribution in [-0.4, -0.2) is 27.2 Å². The number of nitrogens with one attached hydrogen (secondary N) is 1. The summed E-state index contributed by atoms with van der Waals surface area (Å²) in [4.78, 5) is 25.7. The predicted molar refractivity (Wildman–Crippen MR) is 120 cm³/mol. The molecule has 0 saturated heterocycles. The minimum Gasteiger partial charge on any atom is -0.481 e. The molecule has 1 aliphatic rings. The molecule has 3 aromatic rings. The van der Waals surface area contributed by atoms with Crippen LogP contribution < -0.4 is 16.5 Å². The fourth-order valence-electron chi connectivity index (χ4n) is 3.97. The normalized spacial score (nSPS) is 14.6. The van der Waals surface area contributed by atoms with E-state index in [-0.39, 0.29) is 17.2 Å². The lowest BCUT2D eigenvalue weighted by atomic mass is 9.93. The van der Waals surface area contributed by atoms with Gasteiger partial charge >= 0.3 is 0 Å². The van der Waals surface area contributed by atoms with Gasteiger partial charge in [0, 0.05) is 49.2 Å². The Balaban J connectivity index is 0.000000628. The molecule has 1 unspecified atom stereocenters. The first-order chi connectivity index (χ1) is 14.7. The highest BCUT2D eigenvalue weighted by molar-refractivity contribution is 5.98. The highest BCUT2D eigenvalue weighted by atomic mass is 19.1. The number of anilines is 2. The minimum atomic E-state index is -0.833. The molecular formula is C23H27FN4O3. The van der Waals surface area contributed by atoms with Crippen LogP contribution in [0.25, 0.3) is 10.9 Å². The van der Waals surface area contributed by atoms with Gasteiger partial charge in [-0.3, -0.25) is 14.6 Å². The quantitative estimate of drug-likeness (QED) is 0.549. The molecule has 0 amide bonds. The summed E-state index contributed by atoms with van der Waals surface area (Å²) in [5.74, 6) is -1.35. The van der Waals surface area contributed by atoms with Gasteiger partial charge in [-0.2, -0.15) is 0 Å². The molecule has 0 aliphatic carbocycles. The van der Waals surface area contributed by atoms with Crippen LogP contribution in [0.5, 0.6) is 0 Å². The molecule has 0 spiro atoms. The van der Waals surface area contributed by atoms with Gasteiger partial charge in [-0.1, -0.05) is 0 Å². The molecule has 1 atom stereocenters. The lowest BCUT2D eigenvalue weighted by molar-refractivity contribution is -0.134. The zero-order valence-electron chi connectivity index (χ0n) is 17.9. The van der Waals surface area contributed by atoms with Crippen molar-refractivity contribution in [1.29, 1.82) is 0 Å². The smallest absolute Gasteiger partial charge is 0.300 e. The summed E-state index contributed by atoms with van der Waals surface area (Å²) in [6, 6.07) is 4.13. The number of carboxylic acids is 1. The van der Waals surface area contributed by atoms with Crippen molar-refractivity contribution in [2.75, 3.05) is 17.6 Å². The average molecular weight is 426 g/mol. The van der Waals surface area contributed by atoms with Crippen LogP contribution in [0, 0.1) is 12.7 Å². The van der Waals surface area contributed by atoms with E-state index < -0.39 is 11.8 Å². The molecule has 0 saturated carbocycles. The zero-order valence-corrected chi connectivity index (χ0v) is 17.9. The second-order valence-electron chi connectivity index (χ2n) is 7.79. The Kier molecular flexibility index (Phi) is 6.58. The number of aliphatic carboxylic acids is 1. The Hall–Kier alpha value is -3.42. The third-order valence-electron chi connectivity index (χ3n) is 5.48. The number of nitrogen functional groups attached to an aromatic ring is 1. The summed E-state index contributed by atoms with van der Waals surface area (Å²) in [6.45, 7) is 5.53. The number of nitrogens with zero attached hydrogens (tertiary/aromatic N) is 2. The Bertz CT molecular complexity index is 1170. The summed E-state index contributed by atoms with van der Waals surface area (Å²) in [5, 5.41) is 11.0. The van der Waals surface area contributed by atoms with Crippen LogP contribution >= 0.6 is 0 Å². The first kappa shape index (κ1) is 22.3. The second-order valence-corrected chi connectivity index (χ2v) is 7.79. The number of pyridine rings is 2. The molecule has 0 radical (unpaired) electrons. The van der Waals surface area contributed by atoms with E-state index in [9.17, 15) is 4.79 Å². The first-order valence-corrected chi connectivity index (χ1v) is 10.2. The van der Waals surface area contributed by atoms with Gasteiger partial charge in [-0.25, -0.2) is 4.39 Å². The van der Waals surface area contributed by atoms with Crippen LogP contribution in [0.1, 0.15) is 43.0 Å². The number of nitrogens with two attached hydrogens (primary N) is 1. The molecular weight excluding hydrogens is 399 g/mol. The summed E-state index contributed by atoms with van der Waals surface area (Å²) in [5.41, 5.74) is 9.62. The Morgan fingerprint density at radius 2 is 2.03 bits per heavy atom. The van der Waals surface area contributed by atoms with E-state index in [4.69, 9.17) is 15.6 Å². The number of halogens is 1. The molecule has 2 aromatic heterocycles. The molecule has 0 fully saturated rings. The number of rotatable bonds is 4. The van der Waals surface area contributed by atoms with Gasteiger partial charge < -0.3 is 20.7 Å². The Morgan fingerprint density at radius 1 is 1.39 bits per heavy atom. The van der Waals surface area contributed by atoms with Gasteiger partial charge in [-0.15, -0.1) is 0 Å². The van der Waals surface area contributed by atoms with Gasteiger partial charge in [0.25, 0.3) is 5.97 Å². The summed E-state index contributed by atoms with van der Waals surface area (Å²) in [7, 11) is 0. The fourth-order valence-corrected chi connectivity index (χ4v) is 3.97. The van der Waals surface area contributed by atoms with Crippen molar-refractivity contribution in [2.24, 2.45) is 0 Å². The molecule has 0 bridgehead atoms. The first-order valence-electron chi connectivity index (χ1n) is 10.2. The van der Waals surface area contributed by atoms with Crippen LogP contribution in [0.2, 0.25) is 0 Å². The lowest BCUT2D eigenvalue weighted by Crippen LogP contribution is -2.23. The van der Waals surface area contributed by atoms with E-state index >= 15 is 4.39 Å². The van der Waals surface area contributed by atoms with Crippen molar-refractivity contribution in [3.8, 4) is 0 Å². The number of aryl methyl sites for hydroxylation is 2. The zero-order chi connectivity index (χ0) is 22.7. The SMILES string of the molecule is CC(=O)O.Cc1cn2c3c(c(NCCc4ccncc4)c(F)c(N)c3c1=O)CCC2C. The molecule has 164 valence electrons. The van der Waals surface area contributed by atoms with Crippen LogP contribution in [-0.2, 0) is 17.6 Å². The van der Waals surface area contributed by atoms with Crippen molar-refractivity contribution in [1.82, 2.24) is 9.55 Å². The molecule has 31 heavy (non-hydrogen) atoms. The maximum absolute atomic E-state index is 15.1. The lowest BCUT2D eigenvalue weighted by Gasteiger charge is -2.29. The van der Waals surface area contributed by atoms with Gasteiger partial charge in [0.05, 0.1) is 22.3 Å². The van der Waals surface area contributed by atoms with E-state index in [1.54, 1.807) is 19.3 Å². The summed E-state index contributed by atoms with van der Waals surface area (Å²) < 4.78 is 17.2. The standard InChI is InChI=1S/C21H23FN4O.C2H4O2/c1-12-11-26-13(2)3-4-15-19(25-10-7-14-5-8-24-9-6-14)17(22)18(23)16(20(15)26)21(12)27;1-2(3)4/h5-6,8-9,11,13,25H,3-4,7,10,23H2,1-2H3;1H3,(H,3,4).